The van der Waals surface area contributed by atoms with E-state index in [0.717, 1.165) is 4.68 Å². The molecule has 0 saturated heterocycles. The van der Waals surface area contributed by atoms with Gasteiger partial charge in [0.05, 0.1) is 5.57 Å². The van der Waals surface area contributed by atoms with E-state index in [0.29, 0.717) is 21.3 Å². The highest BCUT2D eigenvalue weighted by Gasteiger charge is 2.41. The van der Waals surface area contributed by atoms with E-state index in [1.807, 2.05) is 0 Å². The molecule has 1 aromatic carbocycles. The van der Waals surface area contributed by atoms with E-state index < -0.39 is 23.9 Å². The van der Waals surface area contributed by atoms with E-state index in [-0.39, 0.29) is 11.5 Å². The number of rotatable bonds is 3. The molecule has 3 aromatic rings. The number of alkyl halides is 3. The summed E-state index contributed by atoms with van der Waals surface area (Å²) < 4.78 is 40.5. The van der Waals surface area contributed by atoms with Crippen LogP contribution in [0.25, 0.3) is 0 Å². The van der Waals surface area contributed by atoms with Crippen molar-refractivity contribution in [1.29, 1.82) is 0 Å². The second-order valence-corrected chi connectivity index (χ2v) is 7.66. The minimum atomic E-state index is -4.70. The Labute approximate surface area is 172 Å². The fourth-order valence-electron chi connectivity index (χ4n) is 3.01. The van der Waals surface area contributed by atoms with E-state index in [1.165, 1.54) is 11.3 Å². The smallest absolute Gasteiger partial charge is 0.328 e. The first-order chi connectivity index (χ1) is 13.7. The Morgan fingerprint density at radius 3 is 2.62 bits per heavy atom. The molecule has 0 unspecified atom stereocenters. The van der Waals surface area contributed by atoms with E-state index in [9.17, 15) is 18.0 Å². The molecular formula is C18H13ClF3N5OS. The molecule has 1 amide bonds. The molecule has 0 bridgehead atoms. The van der Waals surface area contributed by atoms with E-state index in [2.05, 4.69) is 20.7 Å². The zero-order chi connectivity index (χ0) is 20.8. The zero-order valence-electron chi connectivity index (χ0n) is 14.8. The fraction of sp³-hybridized carbons (Fsp3) is 0.167. The Morgan fingerprint density at radius 1 is 1.28 bits per heavy atom. The minimum absolute atomic E-state index is 0.0729. The monoisotopic (exact) mass is 439 g/mol. The largest absolute Gasteiger partial charge is 0.453 e. The number of carbonyl (C=O) groups is 1. The summed E-state index contributed by atoms with van der Waals surface area (Å²) in [5.74, 6) is -1.81. The van der Waals surface area contributed by atoms with Gasteiger partial charge in [-0.15, -0.1) is 16.4 Å². The number of hydrogen-bond acceptors (Lipinski definition) is 5. The van der Waals surface area contributed by atoms with Crippen LogP contribution in [0.4, 0.5) is 24.8 Å². The number of benzene rings is 1. The summed E-state index contributed by atoms with van der Waals surface area (Å²) >= 11 is 7.18. The molecule has 0 radical (unpaired) electrons. The maximum Gasteiger partial charge on any atom is 0.453 e. The molecule has 29 heavy (non-hydrogen) atoms. The van der Waals surface area contributed by atoms with Crippen molar-refractivity contribution < 1.29 is 18.0 Å². The second-order valence-electron chi connectivity index (χ2n) is 6.24. The van der Waals surface area contributed by atoms with Crippen LogP contribution in [0.5, 0.6) is 0 Å². The highest BCUT2D eigenvalue weighted by Crippen LogP contribution is 2.39. The highest BCUT2D eigenvalue weighted by molar-refractivity contribution is 7.10. The summed E-state index contributed by atoms with van der Waals surface area (Å²) in [6.07, 6.45) is -4.70. The normalized spacial score (nSPS) is 16.4. The second kappa shape index (κ2) is 7.20. The van der Waals surface area contributed by atoms with Crippen molar-refractivity contribution in [2.75, 3.05) is 10.6 Å². The average molecular weight is 440 g/mol. The molecule has 1 aliphatic heterocycles. The molecule has 0 fully saturated rings. The molecule has 2 N–H and O–H groups in total. The fourth-order valence-corrected chi connectivity index (χ4v) is 3.95. The molecule has 2 aromatic heterocycles. The maximum absolute atomic E-state index is 13.1. The third kappa shape index (κ3) is 3.73. The first-order valence-electron chi connectivity index (χ1n) is 8.36. The van der Waals surface area contributed by atoms with Gasteiger partial charge in [-0.1, -0.05) is 17.7 Å². The standard InChI is InChI=1S/C18H13ClF3N5OS/c1-9-13(15(28)24-11-6-4-10(19)5-7-11)14(12-3-2-8-29-12)27-17(23-9)25-16(26-27)18(20,21)22/h2-8,14H,1H3,(H,24,28)(H,23,25,26)/t14-/m1/s1. The molecule has 6 nitrogen and oxygen atoms in total. The number of nitrogens with zero attached hydrogens (tertiary/aromatic N) is 3. The number of hydrogen-bond donors (Lipinski definition) is 2. The molecule has 0 saturated carbocycles. The Bertz CT molecular complexity index is 1090. The van der Waals surface area contributed by atoms with E-state index >= 15 is 0 Å². The quantitative estimate of drug-likeness (QED) is 0.606. The summed E-state index contributed by atoms with van der Waals surface area (Å²) in [5, 5.41) is 11.4. The van der Waals surface area contributed by atoms with Crippen LogP contribution in [-0.2, 0) is 11.0 Å². The molecule has 4 rings (SSSR count). The highest BCUT2D eigenvalue weighted by atomic mass is 35.5. The summed E-state index contributed by atoms with van der Waals surface area (Å²) in [6, 6.07) is 9.17. The predicted molar refractivity (Wildman–Crippen MR) is 104 cm³/mol. The van der Waals surface area contributed by atoms with Crippen LogP contribution >= 0.6 is 22.9 Å². The van der Waals surface area contributed by atoms with Gasteiger partial charge in [0.25, 0.3) is 11.7 Å². The van der Waals surface area contributed by atoms with Crippen molar-refractivity contribution in [2.45, 2.75) is 19.1 Å². The topological polar surface area (TPSA) is 71.8 Å². The number of anilines is 2. The van der Waals surface area contributed by atoms with Crippen molar-refractivity contribution >= 4 is 40.5 Å². The van der Waals surface area contributed by atoms with Gasteiger partial charge in [-0.05, 0) is 42.6 Å². The van der Waals surface area contributed by atoms with E-state index in [4.69, 9.17) is 11.6 Å². The van der Waals surface area contributed by atoms with Crippen LogP contribution in [0.3, 0.4) is 0 Å². The van der Waals surface area contributed by atoms with Crippen LogP contribution in [0.1, 0.15) is 23.7 Å². The molecule has 0 spiro atoms. The SMILES string of the molecule is CC1=C(C(=O)Nc2ccc(Cl)cc2)[C@@H](c2cccs2)n2nc(C(F)(F)F)nc2N1. The van der Waals surface area contributed by atoms with Crippen LogP contribution in [0.2, 0.25) is 5.02 Å². The lowest BCUT2D eigenvalue weighted by molar-refractivity contribution is -0.145. The Kier molecular flexibility index (Phi) is 4.83. The molecule has 3 heterocycles. The number of thiophene rings is 1. The third-order valence-corrected chi connectivity index (χ3v) is 5.44. The van der Waals surface area contributed by atoms with Gasteiger partial charge in [0.2, 0.25) is 5.95 Å². The molecular weight excluding hydrogens is 427 g/mol. The minimum Gasteiger partial charge on any atom is -0.328 e. The van der Waals surface area contributed by atoms with Gasteiger partial charge in [-0.2, -0.15) is 18.2 Å². The van der Waals surface area contributed by atoms with Crippen LogP contribution in [0.15, 0.2) is 53.0 Å². The lowest BCUT2D eigenvalue weighted by Gasteiger charge is -2.27. The van der Waals surface area contributed by atoms with Crippen LogP contribution < -0.4 is 10.6 Å². The van der Waals surface area contributed by atoms with Gasteiger partial charge < -0.3 is 10.6 Å². The van der Waals surface area contributed by atoms with E-state index in [1.54, 1.807) is 48.7 Å². The lowest BCUT2D eigenvalue weighted by atomic mass is 10.0. The van der Waals surface area contributed by atoms with Crippen LogP contribution in [0, 0.1) is 0 Å². The number of halogens is 4. The lowest BCUT2D eigenvalue weighted by Crippen LogP contribution is -2.31. The molecule has 1 atom stereocenters. The summed E-state index contributed by atoms with van der Waals surface area (Å²) in [6.45, 7) is 1.61. The number of aromatic nitrogens is 3. The van der Waals surface area contributed by atoms with Gasteiger partial charge in [-0.25, -0.2) is 4.68 Å². The summed E-state index contributed by atoms with van der Waals surface area (Å²) in [4.78, 5) is 17.3. The molecule has 0 aliphatic carbocycles. The van der Waals surface area contributed by atoms with Gasteiger partial charge in [0, 0.05) is 21.3 Å². The Balaban J connectivity index is 1.76. The molecule has 150 valence electrons. The van der Waals surface area contributed by atoms with Gasteiger partial charge >= 0.3 is 6.18 Å². The summed E-state index contributed by atoms with van der Waals surface area (Å²) in [5.41, 5.74) is 1.14. The summed E-state index contributed by atoms with van der Waals surface area (Å²) in [7, 11) is 0. The van der Waals surface area contributed by atoms with Crippen molar-refractivity contribution in [3.63, 3.8) is 0 Å². The van der Waals surface area contributed by atoms with Crippen molar-refractivity contribution in [3.8, 4) is 0 Å². The Hall–Kier alpha value is -2.85. The van der Waals surface area contributed by atoms with Gasteiger partial charge in [0.15, 0.2) is 0 Å². The number of fused-ring (bicyclic) bond motifs is 1. The van der Waals surface area contributed by atoms with Crippen molar-refractivity contribution in [3.05, 3.63) is 68.8 Å². The number of nitrogens with one attached hydrogen (secondary N) is 2. The van der Waals surface area contributed by atoms with Crippen molar-refractivity contribution in [1.82, 2.24) is 14.8 Å². The predicted octanol–water partition coefficient (Wildman–Crippen LogP) is 4.94. The first kappa shape index (κ1) is 19.5. The average Bonchev–Trinajstić information content (AvgIpc) is 3.31. The van der Waals surface area contributed by atoms with Gasteiger partial charge in [0.1, 0.15) is 6.04 Å². The maximum atomic E-state index is 13.1. The first-order valence-corrected chi connectivity index (χ1v) is 9.61. The Morgan fingerprint density at radius 2 is 2.00 bits per heavy atom. The molecule has 1 aliphatic rings. The van der Waals surface area contributed by atoms with Crippen molar-refractivity contribution in [2.24, 2.45) is 0 Å². The number of amides is 1. The van der Waals surface area contributed by atoms with Gasteiger partial charge in [-0.3, -0.25) is 4.79 Å². The molecule has 11 heteroatoms. The zero-order valence-corrected chi connectivity index (χ0v) is 16.4. The van der Waals surface area contributed by atoms with Crippen LogP contribution in [-0.4, -0.2) is 20.7 Å². The number of allylic oxidation sites excluding steroid dienone is 1. The third-order valence-electron chi connectivity index (χ3n) is 4.27. The number of carbonyl (C=O) groups excluding carboxylic acids is 1.